The molecule has 0 spiro atoms. The van der Waals surface area contributed by atoms with Crippen LogP contribution in [0.15, 0.2) is 4.52 Å². The molecule has 2 N–H and O–H groups in total. The molecule has 0 radical (unpaired) electrons. The molecule has 4 heteroatoms. The molecule has 2 aliphatic rings. The minimum Gasteiger partial charge on any atom is -0.339 e. The van der Waals surface area contributed by atoms with Crippen LogP contribution in [0.2, 0.25) is 0 Å². The first kappa shape index (κ1) is 12.2. The average molecular weight is 249 g/mol. The number of nitrogens with two attached hydrogens (primary N) is 1. The highest BCUT2D eigenvalue weighted by atomic mass is 16.5. The average Bonchev–Trinajstić information content (AvgIpc) is 3.30. The van der Waals surface area contributed by atoms with Crippen molar-refractivity contribution < 1.29 is 4.52 Å². The molecule has 0 bridgehead atoms. The molecule has 2 aliphatic carbocycles. The molecule has 2 fully saturated rings. The zero-order valence-electron chi connectivity index (χ0n) is 11.4. The lowest BCUT2D eigenvalue weighted by molar-refractivity contribution is 0.287. The first-order chi connectivity index (χ1) is 8.68. The lowest BCUT2D eigenvalue weighted by Gasteiger charge is -2.20. The molecular formula is C14H23N3O. The second kappa shape index (κ2) is 4.34. The summed E-state index contributed by atoms with van der Waals surface area (Å²) in [6.07, 6.45) is 6.29. The van der Waals surface area contributed by atoms with Gasteiger partial charge in [-0.05, 0) is 50.9 Å². The summed E-state index contributed by atoms with van der Waals surface area (Å²) in [6, 6.07) is 0. The molecule has 4 nitrogen and oxygen atoms in total. The Bertz CT molecular complexity index is 404. The van der Waals surface area contributed by atoms with Crippen molar-refractivity contribution in [2.45, 2.75) is 57.3 Å². The second-order valence-corrected chi connectivity index (χ2v) is 6.28. The van der Waals surface area contributed by atoms with Crippen LogP contribution in [0.25, 0.3) is 0 Å². The van der Waals surface area contributed by atoms with Gasteiger partial charge in [-0.25, -0.2) is 0 Å². The first-order valence-electron chi connectivity index (χ1n) is 7.22. The third-order valence-electron chi connectivity index (χ3n) is 4.75. The summed E-state index contributed by atoms with van der Waals surface area (Å²) < 4.78 is 5.51. The van der Waals surface area contributed by atoms with Gasteiger partial charge in [0.1, 0.15) is 0 Å². The standard InChI is InChI=1S/C14H23N3O/c1-3-14(2,8-15)13-16-12(17-18-13)11(9-4-5-9)10-6-7-10/h9-11H,3-8,15H2,1-2H3. The van der Waals surface area contributed by atoms with Gasteiger partial charge < -0.3 is 10.3 Å². The minimum absolute atomic E-state index is 0.164. The van der Waals surface area contributed by atoms with Crippen LogP contribution in [0.5, 0.6) is 0 Å². The van der Waals surface area contributed by atoms with E-state index in [-0.39, 0.29) is 5.41 Å². The van der Waals surface area contributed by atoms with Gasteiger partial charge in [-0.2, -0.15) is 4.98 Å². The maximum absolute atomic E-state index is 5.85. The van der Waals surface area contributed by atoms with Gasteiger partial charge in [0.25, 0.3) is 0 Å². The van der Waals surface area contributed by atoms with E-state index in [1.807, 2.05) is 0 Å². The summed E-state index contributed by atoms with van der Waals surface area (Å²) in [5.41, 5.74) is 5.69. The van der Waals surface area contributed by atoms with E-state index in [2.05, 4.69) is 24.0 Å². The van der Waals surface area contributed by atoms with Crippen molar-refractivity contribution in [3.8, 4) is 0 Å². The summed E-state index contributed by atoms with van der Waals surface area (Å²) in [5, 5.41) is 4.26. The van der Waals surface area contributed by atoms with Crippen LogP contribution in [0.4, 0.5) is 0 Å². The molecule has 3 rings (SSSR count). The van der Waals surface area contributed by atoms with E-state index in [4.69, 9.17) is 10.3 Å². The fraction of sp³-hybridized carbons (Fsp3) is 0.857. The summed E-state index contributed by atoms with van der Waals surface area (Å²) >= 11 is 0. The van der Waals surface area contributed by atoms with Crippen molar-refractivity contribution in [1.82, 2.24) is 10.1 Å². The molecule has 0 aromatic carbocycles. The molecule has 0 amide bonds. The second-order valence-electron chi connectivity index (χ2n) is 6.28. The number of nitrogens with zero attached hydrogens (tertiary/aromatic N) is 2. The summed E-state index contributed by atoms with van der Waals surface area (Å²) in [5.74, 6) is 3.86. The van der Waals surface area contributed by atoms with Crippen molar-refractivity contribution in [3.63, 3.8) is 0 Å². The molecule has 18 heavy (non-hydrogen) atoms. The maximum atomic E-state index is 5.85. The summed E-state index contributed by atoms with van der Waals surface area (Å²) in [6.45, 7) is 4.78. The highest BCUT2D eigenvalue weighted by molar-refractivity contribution is 5.11. The molecule has 1 unspecified atom stereocenters. The van der Waals surface area contributed by atoms with Gasteiger partial charge in [0.2, 0.25) is 5.89 Å². The van der Waals surface area contributed by atoms with E-state index in [1.54, 1.807) is 0 Å². The van der Waals surface area contributed by atoms with E-state index >= 15 is 0 Å². The predicted molar refractivity (Wildman–Crippen MR) is 69.2 cm³/mol. The Balaban J connectivity index is 1.83. The maximum Gasteiger partial charge on any atom is 0.233 e. The van der Waals surface area contributed by atoms with E-state index in [1.165, 1.54) is 25.7 Å². The van der Waals surface area contributed by atoms with Crippen LogP contribution in [-0.2, 0) is 5.41 Å². The summed E-state index contributed by atoms with van der Waals surface area (Å²) in [4.78, 5) is 4.69. The molecular weight excluding hydrogens is 226 g/mol. The van der Waals surface area contributed by atoms with Crippen molar-refractivity contribution in [1.29, 1.82) is 0 Å². The number of hydrogen-bond donors (Lipinski definition) is 1. The lowest BCUT2D eigenvalue weighted by Crippen LogP contribution is -2.31. The van der Waals surface area contributed by atoms with Gasteiger partial charge in [0.05, 0.1) is 5.41 Å². The minimum atomic E-state index is -0.164. The van der Waals surface area contributed by atoms with Gasteiger partial charge in [-0.3, -0.25) is 0 Å². The Morgan fingerprint density at radius 1 is 1.33 bits per heavy atom. The summed E-state index contributed by atoms with van der Waals surface area (Å²) in [7, 11) is 0. The third-order valence-corrected chi connectivity index (χ3v) is 4.75. The SMILES string of the molecule is CCC(C)(CN)c1nc(C(C2CC2)C2CC2)no1. The van der Waals surface area contributed by atoms with Gasteiger partial charge >= 0.3 is 0 Å². The zero-order valence-corrected chi connectivity index (χ0v) is 11.4. The van der Waals surface area contributed by atoms with E-state index in [0.717, 1.165) is 30.0 Å². The Morgan fingerprint density at radius 3 is 2.39 bits per heavy atom. The van der Waals surface area contributed by atoms with Crippen LogP contribution < -0.4 is 5.73 Å². The number of aromatic nitrogens is 2. The lowest BCUT2D eigenvalue weighted by atomic mass is 9.87. The number of rotatable bonds is 6. The zero-order chi connectivity index (χ0) is 12.8. The molecule has 0 saturated heterocycles. The monoisotopic (exact) mass is 249 g/mol. The Kier molecular flexibility index (Phi) is 2.93. The molecule has 0 aliphatic heterocycles. The first-order valence-corrected chi connectivity index (χ1v) is 7.22. The molecule has 2 saturated carbocycles. The van der Waals surface area contributed by atoms with Gasteiger partial charge in [-0.1, -0.05) is 12.1 Å². The Morgan fingerprint density at radius 2 is 1.94 bits per heavy atom. The van der Waals surface area contributed by atoms with E-state index < -0.39 is 0 Å². The van der Waals surface area contributed by atoms with Crippen molar-refractivity contribution in [2.75, 3.05) is 6.54 Å². The Hall–Kier alpha value is -0.900. The Labute approximate surface area is 108 Å². The van der Waals surface area contributed by atoms with Crippen LogP contribution in [0, 0.1) is 11.8 Å². The van der Waals surface area contributed by atoms with E-state index in [0.29, 0.717) is 12.5 Å². The van der Waals surface area contributed by atoms with Gasteiger partial charge in [-0.15, -0.1) is 0 Å². The number of hydrogen-bond acceptors (Lipinski definition) is 4. The molecule has 1 aromatic heterocycles. The predicted octanol–water partition coefficient (Wildman–Crippen LogP) is 2.60. The quantitative estimate of drug-likeness (QED) is 0.841. The van der Waals surface area contributed by atoms with Crippen LogP contribution in [0.1, 0.15) is 63.6 Å². The van der Waals surface area contributed by atoms with Crippen LogP contribution in [0.3, 0.4) is 0 Å². The van der Waals surface area contributed by atoms with Crippen molar-refractivity contribution in [2.24, 2.45) is 17.6 Å². The van der Waals surface area contributed by atoms with Crippen molar-refractivity contribution in [3.05, 3.63) is 11.7 Å². The molecule has 1 heterocycles. The fourth-order valence-corrected chi connectivity index (χ4v) is 2.72. The van der Waals surface area contributed by atoms with Crippen molar-refractivity contribution >= 4 is 0 Å². The molecule has 1 atom stereocenters. The smallest absolute Gasteiger partial charge is 0.233 e. The molecule has 100 valence electrons. The third kappa shape index (κ3) is 2.07. The highest BCUT2D eigenvalue weighted by Gasteiger charge is 2.45. The molecule has 1 aromatic rings. The van der Waals surface area contributed by atoms with Crippen LogP contribution >= 0.6 is 0 Å². The van der Waals surface area contributed by atoms with Gasteiger partial charge in [0, 0.05) is 12.5 Å². The van der Waals surface area contributed by atoms with Gasteiger partial charge in [0.15, 0.2) is 5.82 Å². The normalized spacial score (nSPS) is 23.3. The van der Waals surface area contributed by atoms with Crippen LogP contribution in [-0.4, -0.2) is 16.7 Å². The topological polar surface area (TPSA) is 64.9 Å². The largest absolute Gasteiger partial charge is 0.339 e. The highest BCUT2D eigenvalue weighted by Crippen LogP contribution is 2.53. The fourth-order valence-electron chi connectivity index (χ4n) is 2.72. The van der Waals surface area contributed by atoms with E-state index in [9.17, 15) is 0 Å².